The fourth-order valence-electron chi connectivity index (χ4n) is 2.13. The Morgan fingerprint density at radius 2 is 1.83 bits per heavy atom. The number of carbonyl (C=O) groups excluding carboxylic acids is 1. The van der Waals surface area contributed by atoms with Crippen molar-refractivity contribution in [2.24, 2.45) is 5.16 Å². The first-order valence-corrected chi connectivity index (χ1v) is 8.15. The van der Waals surface area contributed by atoms with Crippen LogP contribution in [-0.4, -0.2) is 24.8 Å². The lowest BCUT2D eigenvalue weighted by atomic mass is 10.2. The molecule has 0 saturated heterocycles. The number of carbonyl (C=O) groups is 1. The zero-order valence-corrected chi connectivity index (χ0v) is 14.7. The van der Waals surface area contributed by atoms with Gasteiger partial charge in [-0.2, -0.15) is 0 Å². The van der Waals surface area contributed by atoms with E-state index in [4.69, 9.17) is 4.84 Å². The highest BCUT2D eigenvalue weighted by Gasteiger charge is 2.19. The predicted octanol–water partition coefficient (Wildman–Crippen LogP) is 4.24. The molecule has 2 aromatic carbocycles. The number of rotatable bonds is 6. The van der Waals surface area contributed by atoms with Crippen LogP contribution in [0.4, 0.5) is 5.69 Å². The second-order valence-corrected chi connectivity index (χ2v) is 6.17. The van der Waals surface area contributed by atoms with Gasteiger partial charge < -0.3 is 9.74 Å². The second kappa shape index (κ2) is 8.48. The van der Waals surface area contributed by atoms with Gasteiger partial charge in [0.15, 0.2) is 6.61 Å². The van der Waals surface area contributed by atoms with Gasteiger partial charge in [-0.1, -0.05) is 51.4 Å². The van der Waals surface area contributed by atoms with E-state index in [-0.39, 0.29) is 18.6 Å². The Morgan fingerprint density at radius 1 is 1.17 bits per heavy atom. The van der Waals surface area contributed by atoms with Crippen LogP contribution in [0.3, 0.4) is 0 Å². The molecule has 2 rings (SSSR count). The minimum atomic E-state index is -0.126. The smallest absolute Gasteiger partial charge is 0.267 e. The topological polar surface area (TPSA) is 41.9 Å². The first-order chi connectivity index (χ1) is 11.1. The summed E-state index contributed by atoms with van der Waals surface area (Å²) >= 11 is 3.37. The minimum Gasteiger partial charge on any atom is -0.386 e. The Balaban J connectivity index is 1.93. The fraction of sp³-hybridized carbons (Fsp3) is 0.222. The molecule has 0 fully saturated rings. The number of halogens is 1. The zero-order valence-electron chi connectivity index (χ0n) is 13.1. The molecule has 23 heavy (non-hydrogen) atoms. The molecule has 0 aromatic heterocycles. The molecule has 0 spiro atoms. The van der Waals surface area contributed by atoms with Gasteiger partial charge in [0, 0.05) is 16.2 Å². The first kappa shape index (κ1) is 17.2. The van der Waals surface area contributed by atoms with E-state index in [9.17, 15) is 4.79 Å². The summed E-state index contributed by atoms with van der Waals surface area (Å²) in [6.07, 6.45) is 1.59. The van der Waals surface area contributed by atoms with Crippen LogP contribution in [0, 0.1) is 0 Å². The van der Waals surface area contributed by atoms with E-state index in [1.165, 1.54) is 0 Å². The molecule has 0 bridgehead atoms. The second-order valence-electron chi connectivity index (χ2n) is 5.25. The van der Waals surface area contributed by atoms with Crippen molar-refractivity contribution in [3.05, 3.63) is 64.6 Å². The first-order valence-electron chi connectivity index (χ1n) is 7.36. The van der Waals surface area contributed by atoms with Gasteiger partial charge in [-0.05, 0) is 43.7 Å². The summed E-state index contributed by atoms with van der Waals surface area (Å²) in [5.41, 5.74) is 1.76. The van der Waals surface area contributed by atoms with Crippen LogP contribution < -0.4 is 4.90 Å². The largest absolute Gasteiger partial charge is 0.386 e. The van der Waals surface area contributed by atoms with Gasteiger partial charge in [-0.3, -0.25) is 4.79 Å². The highest BCUT2D eigenvalue weighted by molar-refractivity contribution is 9.10. The van der Waals surface area contributed by atoms with Crippen molar-refractivity contribution < 1.29 is 9.63 Å². The van der Waals surface area contributed by atoms with Crippen molar-refractivity contribution >= 4 is 33.7 Å². The Kier molecular flexibility index (Phi) is 6.35. The molecule has 5 heteroatoms. The molecule has 2 aromatic rings. The minimum absolute atomic E-state index is 0.0453. The Bertz CT molecular complexity index is 654. The highest BCUT2D eigenvalue weighted by atomic mass is 79.9. The van der Waals surface area contributed by atoms with Crippen LogP contribution >= 0.6 is 15.9 Å². The van der Waals surface area contributed by atoms with Gasteiger partial charge in [0.05, 0.1) is 6.21 Å². The number of para-hydroxylation sites is 1. The molecule has 0 radical (unpaired) electrons. The number of nitrogens with zero attached hydrogens (tertiary/aromatic N) is 2. The van der Waals surface area contributed by atoms with Crippen LogP contribution in [0.5, 0.6) is 0 Å². The molecule has 0 aliphatic carbocycles. The quantitative estimate of drug-likeness (QED) is 0.560. The Morgan fingerprint density at radius 3 is 2.43 bits per heavy atom. The van der Waals surface area contributed by atoms with E-state index in [2.05, 4.69) is 21.1 Å². The molecule has 0 heterocycles. The standard InChI is InChI=1S/C18H19BrN2O2/c1-14(2)21(17-6-4-3-5-7-17)18(22)13-23-20-12-15-8-10-16(19)11-9-15/h3-12,14H,13H2,1-2H3/b20-12-. The number of oxime groups is 1. The molecule has 0 saturated carbocycles. The van der Waals surface area contributed by atoms with Crippen LogP contribution in [0.2, 0.25) is 0 Å². The van der Waals surface area contributed by atoms with Gasteiger partial charge in [-0.25, -0.2) is 0 Å². The van der Waals surface area contributed by atoms with Crippen LogP contribution in [-0.2, 0) is 9.63 Å². The van der Waals surface area contributed by atoms with Gasteiger partial charge in [0.1, 0.15) is 0 Å². The predicted molar refractivity (Wildman–Crippen MR) is 96.8 cm³/mol. The van der Waals surface area contributed by atoms with E-state index < -0.39 is 0 Å². The number of amides is 1. The van der Waals surface area contributed by atoms with Gasteiger partial charge in [0.25, 0.3) is 5.91 Å². The van der Waals surface area contributed by atoms with Crippen molar-refractivity contribution in [1.82, 2.24) is 0 Å². The molecule has 0 N–H and O–H groups in total. The van der Waals surface area contributed by atoms with Crippen molar-refractivity contribution in [3.8, 4) is 0 Å². The zero-order chi connectivity index (χ0) is 16.7. The normalized spacial score (nSPS) is 11.0. The lowest BCUT2D eigenvalue weighted by molar-refractivity contribution is -0.123. The van der Waals surface area contributed by atoms with Gasteiger partial charge in [0.2, 0.25) is 0 Å². The SMILES string of the molecule is CC(C)N(C(=O)CO/N=C\c1ccc(Br)cc1)c1ccccc1. The monoisotopic (exact) mass is 374 g/mol. The summed E-state index contributed by atoms with van der Waals surface area (Å²) in [5.74, 6) is -0.126. The third-order valence-corrected chi connectivity index (χ3v) is 3.68. The summed E-state index contributed by atoms with van der Waals surface area (Å²) in [6.45, 7) is 3.84. The van der Waals surface area contributed by atoms with Gasteiger partial charge in [-0.15, -0.1) is 0 Å². The Labute approximate surface area is 144 Å². The summed E-state index contributed by atoms with van der Waals surface area (Å²) in [7, 11) is 0. The highest BCUT2D eigenvalue weighted by Crippen LogP contribution is 2.16. The van der Waals surface area contributed by atoms with Crippen LogP contribution in [0.15, 0.2) is 64.2 Å². The maximum atomic E-state index is 12.4. The lowest BCUT2D eigenvalue weighted by Crippen LogP contribution is -2.39. The van der Waals surface area contributed by atoms with E-state index in [1.807, 2.05) is 68.4 Å². The molecule has 4 nitrogen and oxygen atoms in total. The summed E-state index contributed by atoms with van der Waals surface area (Å²) in [4.78, 5) is 19.2. The van der Waals surface area contributed by atoms with Crippen molar-refractivity contribution in [2.45, 2.75) is 19.9 Å². The van der Waals surface area contributed by atoms with E-state index in [1.54, 1.807) is 11.1 Å². The van der Waals surface area contributed by atoms with E-state index >= 15 is 0 Å². The third kappa shape index (κ3) is 5.21. The summed E-state index contributed by atoms with van der Waals surface area (Å²) < 4.78 is 1.00. The maximum Gasteiger partial charge on any atom is 0.267 e. The Hall–Kier alpha value is -2.14. The molecular weight excluding hydrogens is 356 g/mol. The molecule has 0 atom stereocenters. The molecule has 1 amide bonds. The molecule has 120 valence electrons. The maximum absolute atomic E-state index is 12.4. The number of hydrogen-bond donors (Lipinski definition) is 0. The third-order valence-electron chi connectivity index (χ3n) is 3.15. The number of benzene rings is 2. The molecule has 0 aliphatic rings. The average Bonchev–Trinajstić information content (AvgIpc) is 2.54. The molecular formula is C18H19BrN2O2. The van der Waals surface area contributed by atoms with Crippen molar-refractivity contribution in [3.63, 3.8) is 0 Å². The average molecular weight is 375 g/mol. The fourth-order valence-corrected chi connectivity index (χ4v) is 2.39. The van der Waals surface area contributed by atoms with Crippen LogP contribution in [0.25, 0.3) is 0 Å². The summed E-state index contributed by atoms with van der Waals surface area (Å²) in [6, 6.07) is 17.2. The van der Waals surface area contributed by atoms with Crippen LogP contribution in [0.1, 0.15) is 19.4 Å². The lowest BCUT2D eigenvalue weighted by Gasteiger charge is -2.26. The van der Waals surface area contributed by atoms with E-state index in [0.717, 1.165) is 15.7 Å². The molecule has 0 unspecified atom stereocenters. The van der Waals surface area contributed by atoms with Crippen molar-refractivity contribution in [1.29, 1.82) is 0 Å². The van der Waals surface area contributed by atoms with E-state index in [0.29, 0.717) is 0 Å². The number of anilines is 1. The number of hydrogen-bond acceptors (Lipinski definition) is 3. The van der Waals surface area contributed by atoms with Crippen molar-refractivity contribution in [2.75, 3.05) is 11.5 Å². The van der Waals surface area contributed by atoms with Gasteiger partial charge >= 0.3 is 0 Å². The molecule has 0 aliphatic heterocycles. The summed E-state index contributed by atoms with van der Waals surface area (Å²) in [5, 5.41) is 3.86.